The van der Waals surface area contributed by atoms with Gasteiger partial charge in [-0.25, -0.2) is 0 Å². The van der Waals surface area contributed by atoms with Gasteiger partial charge in [-0.15, -0.1) is 11.3 Å². The topological polar surface area (TPSA) is 13.1 Å². The average Bonchev–Trinajstić information content (AvgIpc) is 3.70. The summed E-state index contributed by atoms with van der Waals surface area (Å²) in [6.45, 7) is 0. The summed E-state index contributed by atoms with van der Waals surface area (Å²) in [5.74, 6) is 0. The lowest BCUT2D eigenvalue weighted by Crippen LogP contribution is -1.91. The smallest absolute Gasteiger partial charge is 0.144 e. The number of hydrogen-bond donors (Lipinski definition) is 0. The third-order valence-corrected chi connectivity index (χ3v) is 11.3. The first kappa shape index (κ1) is 26.1. The van der Waals surface area contributed by atoms with Crippen molar-refractivity contribution in [1.82, 2.24) is 0 Å². The molecule has 1 nitrogen and oxygen atoms in total. The molecule has 48 heavy (non-hydrogen) atoms. The van der Waals surface area contributed by atoms with Crippen LogP contribution in [0.1, 0.15) is 0 Å². The third-order valence-electron chi connectivity index (χ3n) is 10.2. The second kappa shape index (κ2) is 9.78. The second-order valence-electron chi connectivity index (χ2n) is 12.8. The first-order chi connectivity index (χ1) is 23.8. The molecule has 0 aliphatic heterocycles. The van der Waals surface area contributed by atoms with Crippen LogP contribution in [-0.4, -0.2) is 0 Å². The minimum absolute atomic E-state index is 0.919. The van der Waals surface area contributed by atoms with Crippen LogP contribution in [0.5, 0.6) is 0 Å². The van der Waals surface area contributed by atoms with E-state index in [4.69, 9.17) is 4.42 Å². The summed E-state index contributed by atoms with van der Waals surface area (Å²) in [4.78, 5) is 0. The molecule has 0 aliphatic rings. The van der Waals surface area contributed by atoms with E-state index in [1.807, 2.05) is 11.3 Å². The molecular weight excluding hydrogens is 601 g/mol. The summed E-state index contributed by atoms with van der Waals surface area (Å²) >= 11 is 1.84. The number of benzene rings is 9. The fraction of sp³-hybridized carbons (Fsp3) is 0. The maximum atomic E-state index is 6.73. The predicted molar refractivity (Wildman–Crippen MR) is 208 cm³/mol. The zero-order chi connectivity index (χ0) is 31.3. The molecule has 0 bridgehead atoms. The van der Waals surface area contributed by atoms with E-state index in [-0.39, 0.29) is 0 Å². The Kier molecular flexibility index (Phi) is 5.32. The van der Waals surface area contributed by atoms with Crippen LogP contribution in [0.15, 0.2) is 162 Å². The summed E-state index contributed by atoms with van der Waals surface area (Å²) in [5.41, 5.74) is 6.90. The number of furan rings is 1. The van der Waals surface area contributed by atoms with E-state index in [1.54, 1.807) is 0 Å². The molecule has 222 valence electrons. The zero-order valence-electron chi connectivity index (χ0n) is 25.8. The monoisotopic (exact) mass is 626 g/mol. The van der Waals surface area contributed by atoms with Gasteiger partial charge >= 0.3 is 0 Å². The highest BCUT2D eigenvalue weighted by atomic mass is 32.1. The van der Waals surface area contributed by atoms with Crippen LogP contribution >= 0.6 is 11.3 Å². The van der Waals surface area contributed by atoms with Crippen molar-refractivity contribution in [3.05, 3.63) is 158 Å². The van der Waals surface area contributed by atoms with E-state index in [0.29, 0.717) is 0 Å². The van der Waals surface area contributed by atoms with Gasteiger partial charge in [0.15, 0.2) is 0 Å². The van der Waals surface area contributed by atoms with Gasteiger partial charge in [0.1, 0.15) is 11.2 Å². The normalized spacial score (nSPS) is 12.2. The Morgan fingerprint density at radius 2 is 1.00 bits per heavy atom. The summed E-state index contributed by atoms with van der Waals surface area (Å²) in [6.07, 6.45) is 0. The van der Waals surface area contributed by atoms with Crippen LogP contribution in [0.25, 0.3) is 107 Å². The van der Waals surface area contributed by atoms with Crippen LogP contribution in [0.3, 0.4) is 0 Å². The molecule has 0 radical (unpaired) electrons. The highest BCUT2D eigenvalue weighted by Crippen LogP contribution is 2.47. The number of fused-ring (bicyclic) bond motifs is 11. The highest BCUT2D eigenvalue weighted by Gasteiger charge is 2.20. The summed E-state index contributed by atoms with van der Waals surface area (Å²) in [7, 11) is 0. The van der Waals surface area contributed by atoms with Gasteiger partial charge in [0, 0.05) is 30.9 Å². The zero-order valence-corrected chi connectivity index (χ0v) is 26.6. The number of hydrogen-bond acceptors (Lipinski definition) is 2. The molecular formula is C46H26OS. The molecule has 2 heteroatoms. The first-order valence-electron chi connectivity index (χ1n) is 16.4. The minimum Gasteiger partial charge on any atom is -0.455 e. The molecule has 0 fully saturated rings. The van der Waals surface area contributed by atoms with Crippen molar-refractivity contribution in [1.29, 1.82) is 0 Å². The molecule has 0 saturated carbocycles. The van der Waals surface area contributed by atoms with E-state index < -0.39 is 0 Å². The van der Waals surface area contributed by atoms with Crippen LogP contribution in [0.2, 0.25) is 0 Å². The fourth-order valence-corrected chi connectivity index (χ4v) is 9.24. The Labute approximate surface area is 279 Å². The third kappa shape index (κ3) is 3.61. The van der Waals surface area contributed by atoms with Gasteiger partial charge in [0.05, 0.1) is 0 Å². The molecule has 0 aliphatic carbocycles. The van der Waals surface area contributed by atoms with Crippen LogP contribution < -0.4 is 0 Å². The predicted octanol–water partition coefficient (Wildman–Crippen LogP) is 13.9. The Balaban J connectivity index is 1.20. The van der Waals surface area contributed by atoms with Crippen molar-refractivity contribution < 1.29 is 4.42 Å². The van der Waals surface area contributed by atoms with E-state index in [0.717, 1.165) is 21.9 Å². The van der Waals surface area contributed by atoms with Crippen molar-refractivity contribution in [3.63, 3.8) is 0 Å². The van der Waals surface area contributed by atoms with Crippen molar-refractivity contribution in [2.75, 3.05) is 0 Å². The van der Waals surface area contributed by atoms with Crippen molar-refractivity contribution in [3.8, 4) is 22.3 Å². The van der Waals surface area contributed by atoms with Gasteiger partial charge in [-0.1, -0.05) is 121 Å². The molecule has 0 atom stereocenters. The summed E-state index contributed by atoms with van der Waals surface area (Å²) in [5, 5.41) is 14.9. The van der Waals surface area contributed by atoms with Gasteiger partial charge in [-0.3, -0.25) is 0 Å². The molecule has 0 amide bonds. The molecule has 11 aromatic rings. The Hall–Kier alpha value is -5.96. The molecule has 2 heterocycles. The van der Waals surface area contributed by atoms with Gasteiger partial charge in [-0.05, 0) is 102 Å². The maximum absolute atomic E-state index is 6.73. The first-order valence-corrected chi connectivity index (χ1v) is 17.2. The second-order valence-corrected chi connectivity index (χ2v) is 13.9. The van der Waals surface area contributed by atoms with E-state index in [9.17, 15) is 0 Å². The largest absolute Gasteiger partial charge is 0.455 e. The van der Waals surface area contributed by atoms with Gasteiger partial charge in [-0.2, -0.15) is 0 Å². The Morgan fingerprint density at radius 3 is 1.75 bits per heavy atom. The fourth-order valence-electron chi connectivity index (χ4n) is 8.11. The lowest BCUT2D eigenvalue weighted by atomic mass is 9.84. The van der Waals surface area contributed by atoms with Gasteiger partial charge in [0.25, 0.3) is 0 Å². The van der Waals surface area contributed by atoms with E-state index >= 15 is 0 Å². The summed E-state index contributed by atoms with van der Waals surface area (Å²) < 4.78 is 9.29. The van der Waals surface area contributed by atoms with Gasteiger partial charge < -0.3 is 4.42 Å². The summed E-state index contributed by atoms with van der Waals surface area (Å²) in [6, 6.07) is 57.8. The molecule has 9 aromatic carbocycles. The van der Waals surface area contributed by atoms with Crippen LogP contribution in [0, 0.1) is 0 Å². The molecule has 11 rings (SSSR count). The lowest BCUT2D eigenvalue weighted by molar-refractivity contribution is 0.673. The standard InChI is InChI=1S/C46H26OS/c1-2-12-29-26-42-39(24-28(29)11-1)45-41(48-42)23-21-37-38-25-30(20-22-40(38)47-46(37)45)43-33-15-5-7-17-35(33)44(36-18-8-6-16-34(36)43)32-19-9-13-27-10-3-4-14-31(27)32/h1-26H. The molecule has 0 unspecified atom stereocenters. The molecule has 0 N–H and O–H groups in total. The minimum atomic E-state index is 0.919. The van der Waals surface area contributed by atoms with Crippen molar-refractivity contribution >= 4 is 96.5 Å². The average molecular weight is 627 g/mol. The van der Waals surface area contributed by atoms with E-state index in [2.05, 4.69) is 158 Å². The van der Waals surface area contributed by atoms with Crippen molar-refractivity contribution in [2.45, 2.75) is 0 Å². The van der Waals surface area contributed by atoms with Crippen LogP contribution in [-0.2, 0) is 0 Å². The van der Waals surface area contributed by atoms with Crippen LogP contribution in [0.4, 0.5) is 0 Å². The molecule has 0 saturated heterocycles. The Morgan fingerprint density at radius 1 is 0.375 bits per heavy atom. The maximum Gasteiger partial charge on any atom is 0.144 e. The molecule has 0 spiro atoms. The SMILES string of the molecule is c1ccc2cc3c(cc2c1)sc1ccc2c4cc(-c5c6ccccc6c(-c6cccc7ccccc67)c6ccccc56)ccc4oc2c13. The van der Waals surface area contributed by atoms with E-state index in [1.165, 1.54) is 85.5 Å². The van der Waals surface area contributed by atoms with Crippen molar-refractivity contribution in [2.24, 2.45) is 0 Å². The lowest BCUT2D eigenvalue weighted by Gasteiger charge is -2.18. The molecule has 2 aromatic heterocycles. The number of thiophene rings is 1. The van der Waals surface area contributed by atoms with Gasteiger partial charge in [0.2, 0.25) is 0 Å². The quantitative estimate of drug-likeness (QED) is 0.174. The number of rotatable bonds is 2. The Bertz CT molecular complexity index is 3060. The highest BCUT2D eigenvalue weighted by molar-refractivity contribution is 7.26.